The number of aliphatic carboxylic acids is 1. The topological polar surface area (TPSA) is 69.6 Å². The van der Waals surface area contributed by atoms with Crippen LogP contribution >= 0.6 is 0 Å². The van der Waals surface area contributed by atoms with E-state index in [0.717, 1.165) is 19.5 Å². The first-order chi connectivity index (χ1) is 9.10. The van der Waals surface area contributed by atoms with Crippen molar-refractivity contribution in [2.75, 3.05) is 19.6 Å². The van der Waals surface area contributed by atoms with Crippen molar-refractivity contribution in [2.24, 2.45) is 16.7 Å². The Labute approximate surface area is 121 Å². The number of hydrogen-bond acceptors (Lipinski definition) is 2. The molecule has 5 nitrogen and oxygen atoms in total. The van der Waals surface area contributed by atoms with Crippen LogP contribution in [0.4, 0.5) is 4.79 Å². The molecule has 0 aromatic heterocycles. The van der Waals surface area contributed by atoms with Crippen molar-refractivity contribution in [3.05, 3.63) is 0 Å². The van der Waals surface area contributed by atoms with Crippen molar-refractivity contribution in [1.29, 1.82) is 0 Å². The molecule has 0 aromatic carbocycles. The number of nitrogens with zero attached hydrogens (tertiary/aromatic N) is 1. The molecule has 0 bridgehead atoms. The Balaban J connectivity index is 2.51. The van der Waals surface area contributed by atoms with Crippen LogP contribution in [0.15, 0.2) is 0 Å². The molecule has 1 fully saturated rings. The van der Waals surface area contributed by atoms with Gasteiger partial charge in [0.25, 0.3) is 0 Å². The molecule has 2 atom stereocenters. The molecule has 0 saturated carbocycles. The predicted octanol–water partition coefficient (Wildman–Crippen LogP) is 2.56. The summed E-state index contributed by atoms with van der Waals surface area (Å²) in [5.41, 5.74) is -0.688. The molecule has 20 heavy (non-hydrogen) atoms. The van der Waals surface area contributed by atoms with E-state index in [1.165, 1.54) is 0 Å². The van der Waals surface area contributed by atoms with Crippen LogP contribution in [0.1, 0.15) is 47.5 Å². The SMILES string of the molecule is CCC(C)(CNC(=O)N1CCC(C(C)(C)C)C1)C(=O)O. The summed E-state index contributed by atoms with van der Waals surface area (Å²) in [6.07, 6.45) is 1.51. The van der Waals surface area contributed by atoms with Gasteiger partial charge in [0, 0.05) is 19.6 Å². The number of likely N-dealkylation sites (tertiary alicyclic amines) is 1. The van der Waals surface area contributed by atoms with Crippen molar-refractivity contribution in [3.8, 4) is 0 Å². The Bertz CT molecular complexity index is 376. The van der Waals surface area contributed by atoms with E-state index in [-0.39, 0.29) is 18.0 Å². The van der Waals surface area contributed by atoms with Gasteiger partial charge in [-0.15, -0.1) is 0 Å². The third-order valence-corrected chi connectivity index (χ3v) is 4.63. The first-order valence-corrected chi connectivity index (χ1v) is 7.36. The molecule has 5 heteroatoms. The number of nitrogens with one attached hydrogen (secondary N) is 1. The lowest BCUT2D eigenvalue weighted by Gasteiger charge is -2.28. The number of amides is 2. The number of carbonyl (C=O) groups excluding carboxylic acids is 1. The fourth-order valence-electron chi connectivity index (χ4n) is 2.39. The van der Waals surface area contributed by atoms with Crippen molar-refractivity contribution < 1.29 is 14.7 Å². The van der Waals surface area contributed by atoms with Gasteiger partial charge in [-0.25, -0.2) is 4.79 Å². The second-order valence-electron chi connectivity index (χ2n) is 7.18. The van der Waals surface area contributed by atoms with Crippen molar-refractivity contribution >= 4 is 12.0 Å². The summed E-state index contributed by atoms with van der Waals surface area (Å²) in [6, 6.07) is -0.141. The highest BCUT2D eigenvalue weighted by molar-refractivity contribution is 5.78. The van der Waals surface area contributed by atoms with Gasteiger partial charge in [-0.05, 0) is 31.1 Å². The van der Waals surface area contributed by atoms with E-state index in [9.17, 15) is 14.7 Å². The molecule has 0 spiro atoms. The maximum Gasteiger partial charge on any atom is 0.317 e. The zero-order valence-electron chi connectivity index (χ0n) is 13.3. The summed E-state index contributed by atoms with van der Waals surface area (Å²) in [5, 5.41) is 12.0. The Morgan fingerprint density at radius 2 is 1.90 bits per heavy atom. The lowest BCUT2D eigenvalue weighted by atomic mass is 9.80. The highest BCUT2D eigenvalue weighted by Gasteiger charge is 2.35. The first-order valence-electron chi connectivity index (χ1n) is 7.36. The lowest BCUT2D eigenvalue weighted by molar-refractivity contribution is -0.147. The first kappa shape index (κ1) is 16.8. The van der Waals surface area contributed by atoms with Crippen LogP contribution in [0.25, 0.3) is 0 Å². The zero-order chi connectivity index (χ0) is 15.6. The molecule has 1 aliphatic rings. The largest absolute Gasteiger partial charge is 0.481 e. The van der Waals surface area contributed by atoms with Crippen molar-refractivity contribution in [3.63, 3.8) is 0 Å². The molecular formula is C15H28N2O3. The van der Waals surface area contributed by atoms with Gasteiger partial charge in [-0.3, -0.25) is 4.79 Å². The van der Waals surface area contributed by atoms with Crippen LogP contribution in [-0.4, -0.2) is 41.6 Å². The molecule has 1 saturated heterocycles. The number of carbonyl (C=O) groups is 2. The van der Waals surface area contributed by atoms with E-state index < -0.39 is 11.4 Å². The summed E-state index contributed by atoms with van der Waals surface area (Å²) < 4.78 is 0. The van der Waals surface area contributed by atoms with Crippen LogP contribution in [0.3, 0.4) is 0 Å². The van der Waals surface area contributed by atoms with Gasteiger partial charge in [-0.2, -0.15) is 0 Å². The zero-order valence-corrected chi connectivity index (χ0v) is 13.3. The molecule has 1 heterocycles. The van der Waals surface area contributed by atoms with E-state index in [0.29, 0.717) is 12.3 Å². The number of rotatable bonds is 4. The van der Waals surface area contributed by atoms with Gasteiger partial charge in [0.2, 0.25) is 0 Å². The van der Waals surface area contributed by atoms with E-state index in [1.807, 2.05) is 6.92 Å². The predicted molar refractivity (Wildman–Crippen MR) is 78.6 cm³/mol. The fraction of sp³-hybridized carbons (Fsp3) is 0.867. The van der Waals surface area contributed by atoms with Crippen molar-refractivity contribution in [1.82, 2.24) is 10.2 Å². The molecule has 0 aliphatic carbocycles. The van der Waals surface area contributed by atoms with Crippen LogP contribution in [0.2, 0.25) is 0 Å². The maximum absolute atomic E-state index is 12.1. The van der Waals surface area contributed by atoms with Crippen LogP contribution in [0, 0.1) is 16.7 Å². The summed E-state index contributed by atoms with van der Waals surface area (Å²) in [4.78, 5) is 25.1. The monoisotopic (exact) mass is 284 g/mol. The highest BCUT2D eigenvalue weighted by atomic mass is 16.4. The van der Waals surface area contributed by atoms with Gasteiger partial charge in [0.1, 0.15) is 0 Å². The van der Waals surface area contributed by atoms with E-state index >= 15 is 0 Å². The fourth-order valence-corrected chi connectivity index (χ4v) is 2.39. The van der Waals surface area contributed by atoms with Crippen molar-refractivity contribution in [2.45, 2.75) is 47.5 Å². The molecule has 116 valence electrons. The molecular weight excluding hydrogens is 256 g/mol. The Morgan fingerprint density at radius 1 is 1.30 bits per heavy atom. The summed E-state index contributed by atoms with van der Waals surface area (Å²) in [6.45, 7) is 11.7. The molecule has 0 aromatic rings. The minimum Gasteiger partial charge on any atom is -0.481 e. The number of carboxylic acids is 1. The Hall–Kier alpha value is -1.26. The van der Waals surface area contributed by atoms with Gasteiger partial charge < -0.3 is 15.3 Å². The minimum absolute atomic E-state index is 0.141. The Kier molecular flexibility index (Phi) is 5.05. The Morgan fingerprint density at radius 3 is 2.30 bits per heavy atom. The quantitative estimate of drug-likeness (QED) is 0.833. The molecule has 2 N–H and O–H groups in total. The number of urea groups is 1. The van der Waals surface area contributed by atoms with E-state index in [4.69, 9.17) is 0 Å². The second-order valence-corrected chi connectivity index (χ2v) is 7.18. The third kappa shape index (κ3) is 3.87. The average molecular weight is 284 g/mol. The van der Waals surface area contributed by atoms with Gasteiger partial charge in [-0.1, -0.05) is 27.7 Å². The maximum atomic E-state index is 12.1. The minimum atomic E-state index is -0.890. The van der Waals surface area contributed by atoms with Gasteiger partial charge in [0.05, 0.1) is 5.41 Å². The normalized spacial score (nSPS) is 22.4. The molecule has 0 radical (unpaired) electrons. The van der Waals surface area contributed by atoms with E-state index in [1.54, 1.807) is 11.8 Å². The standard InChI is InChI=1S/C15H28N2O3/c1-6-15(5,12(18)19)10-16-13(20)17-8-7-11(9-17)14(2,3)4/h11H,6-10H2,1-5H3,(H,16,20)(H,18,19). The molecule has 1 rings (SSSR count). The second kappa shape index (κ2) is 6.02. The van der Waals surface area contributed by atoms with Gasteiger partial charge >= 0.3 is 12.0 Å². The van der Waals surface area contributed by atoms with Gasteiger partial charge in [0.15, 0.2) is 0 Å². The van der Waals surface area contributed by atoms with E-state index in [2.05, 4.69) is 26.1 Å². The number of hydrogen-bond donors (Lipinski definition) is 2. The molecule has 1 aliphatic heterocycles. The third-order valence-electron chi connectivity index (χ3n) is 4.63. The van der Waals surface area contributed by atoms with Crippen LogP contribution < -0.4 is 5.32 Å². The lowest BCUT2D eigenvalue weighted by Crippen LogP contribution is -2.46. The summed E-state index contributed by atoms with van der Waals surface area (Å²) in [5.74, 6) is -0.362. The summed E-state index contributed by atoms with van der Waals surface area (Å²) >= 11 is 0. The van der Waals surface area contributed by atoms with Crippen LogP contribution in [-0.2, 0) is 4.79 Å². The van der Waals surface area contributed by atoms with Crippen LogP contribution in [0.5, 0.6) is 0 Å². The smallest absolute Gasteiger partial charge is 0.317 e. The molecule has 2 amide bonds. The summed E-state index contributed by atoms with van der Waals surface area (Å²) in [7, 11) is 0. The number of carboxylic acid groups (broad SMARTS) is 1. The molecule has 2 unspecified atom stereocenters. The highest BCUT2D eigenvalue weighted by Crippen LogP contribution is 2.33. The average Bonchev–Trinajstić information content (AvgIpc) is 2.84.